The van der Waals surface area contributed by atoms with E-state index in [-0.39, 0.29) is 17.2 Å². The lowest BCUT2D eigenvalue weighted by atomic mass is 9.78. The van der Waals surface area contributed by atoms with Crippen LogP contribution in [0.1, 0.15) is 41.2 Å². The molecule has 1 saturated heterocycles. The fourth-order valence-corrected chi connectivity index (χ4v) is 5.71. The summed E-state index contributed by atoms with van der Waals surface area (Å²) in [5.74, 6) is 0.240. The summed E-state index contributed by atoms with van der Waals surface area (Å²) in [6.07, 6.45) is 6.04. The van der Waals surface area contributed by atoms with Crippen LogP contribution >= 0.6 is 11.3 Å². The molecule has 1 aromatic carbocycles. The third-order valence-corrected chi connectivity index (χ3v) is 7.27. The van der Waals surface area contributed by atoms with Gasteiger partial charge in [0.05, 0.1) is 29.8 Å². The number of benzene rings is 1. The van der Waals surface area contributed by atoms with Crippen molar-refractivity contribution in [3.63, 3.8) is 0 Å². The van der Waals surface area contributed by atoms with Crippen molar-refractivity contribution in [1.82, 2.24) is 9.97 Å². The molecule has 3 aromatic rings. The standard InChI is InChI=1S/C25H27N3O2S/c1-25(2)13-21-23(22(29)14-25)31-24(27-21)28-9-10-30-16-20(28)12-17-5-3-6-18(11-17)19-7-4-8-26-15-19/h3-8,11,15,20H,9-10,12-14,16H2,1-2H3/t20-/m0/s1. The summed E-state index contributed by atoms with van der Waals surface area (Å²) in [5, 5.41) is 0.966. The Morgan fingerprint density at radius 3 is 2.90 bits per heavy atom. The Bertz CT molecular complexity index is 1090. The van der Waals surface area contributed by atoms with Crippen molar-refractivity contribution in [2.75, 3.05) is 24.7 Å². The van der Waals surface area contributed by atoms with Crippen LogP contribution in [0.3, 0.4) is 0 Å². The second kappa shape index (κ2) is 8.17. The molecule has 0 amide bonds. The molecule has 0 unspecified atom stereocenters. The minimum absolute atomic E-state index is 0.00737. The average Bonchev–Trinajstić information content (AvgIpc) is 3.18. The molecule has 0 spiro atoms. The molecule has 31 heavy (non-hydrogen) atoms. The molecule has 0 N–H and O–H groups in total. The molecule has 1 atom stereocenters. The van der Waals surface area contributed by atoms with Gasteiger partial charge in [0.2, 0.25) is 0 Å². The van der Waals surface area contributed by atoms with E-state index in [0.717, 1.165) is 40.7 Å². The second-order valence-electron chi connectivity index (χ2n) is 9.28. The molecule has 2 aliphatic rings. The summed E-state index contributed by atoms with van der Waals surface area (Å²) >= 11 is 1.57. The molecule has 5 nitrogen and oxygen atoms in total. The predicted molar refractivity (Wildman–Crippen MR) is 124 cm³/mol. The number of morpholine rings is 1. The molecule has 5 rings (SSSR count). The summed E-state index contributed by atoms with van der Waals surface area (Å²) in [7, 11) is 0. The third kappa shape index (κ3) is 4.27. The van der Waals surface area contributed by atoms with Gasteiger partial charge in [0.25, 0.3) is 0 Å². The van der Waals surface area contributed by atoms with Gasteiger partial charge in [-0.25, -0.2) is 4.98 Å². The van der Waals surface area contributed by atoms with E-state index in [9.17, 15) is 4.79 Å². The number of fused-ring (bicyclic) bond motifs is 1. The highest BCUT2D eigenvalue weighted by atomic mass is 32.1. The van der Waals surface area contributed by atoms with E-state index in [2.05, 4.69) is 54.1 Å². The number of hydrogen-bond acceptors (Lipinski definition) is 6. The van der Waals surface area contributed by atoms with Crippen molar-refractivity contribution in [2.24, 2.45) is 5.41 Å². The number of Topliss-reactive ketones (excluding diaryl/α,β-unsaturated/α-hetero) is 1. The SMILES string of the molecule is CC1(C)CC(=O)c2sc(N3CCOC[C@@H]3Cc3cccc(-c4cccnc4)c3)nc2C1. The smallest absolute Gasteiger partial charge is 0.186 e. The van der Waals surface area contributed by atoms with Crippen molar-refractivity contribution in [2.45, 2.75) is 39.2 Å². The van der Waals surface area contributed by atoms with Gasteiger partial charge < -0.3 is 9.64 Å². The van der Waals surface area contributed by atoms with Gasteiger partial charge in [-0.15, -0.1) is 0 Å². The summed E-state index contributed by atoms with van der Waals surface area (Å²) < 4.78 is 5.84. The minimum Gasteiger partial charge on any atom is -0.377 e. The van der Waals surface area contributed by atoms with Gasteiger partial charge in [0.1, 0.15) is 0 Å². The number of ether oxygens (including phenoxy) is 1. The van der Waals surface area contributed by atoms with E-state index in [4.69, 9.17) is 9.72 Å². The third-order valence-electron chi connectivity index (χ3n) is 6.09. The Kier molecular flexibility index (Phi) is 5.36. The fourth-order valence-electron chi connectivity index (χ4n) is 4.59. The van der Waals surface area contributed by atoms with Crippen LogP contribution in [-0.2, 0) is 17.6 Å². The van der Waals surface area contributed by atoms with Gasteiger partial charge in [-0.1, -0.05) is 55.5 Å². The van der Waals surface area contributed by atoms with Crippen molar-refractivity contribution < 1.29 is 9.53 Å². The molecule has 1 aliphatic carbocycles. The zero-order valence-electron chi connectivity index (χ0n) is 18.0. The van der Waals surface area contributed by atoms with Crippen LogP contribution < -0.4 is 4.90 Å². The molecule has 6 heteroatoms. The maximum absolute atomic E-state index is 12.7. The summed E-state index contributed by atoms with van der Waals surface area (Å²) in [5.41, 5.74) is 4.53. The zero-order valence-corrected chi connectivity index (χ0v) is 18.8. The number of aromatic nitrogens is 2. The molecule has 3 heterocycles. The number of hydrogen-bond donors (Lipinski definition) is 0. The molecular weight excluding hydrogens is 406 g/mol. The monoisotopic (exact) mass is 433 g/mol. The van der Waals surface area contributed by atoms with E-state index in [0.29, 0.717) is 19.6 Å². The molecule has 0 saturated carbocycles. The van der Waals surface area contributed by atoms with E-state index in [1.165, 1.54) is 11.1 Å². The van der Waals surface area contributed by atoms with Crippen molar-refractivity contribution in [1.29, 1.82) is 0 Å². The number of ketones is 1. The topological polar surface area (TPSA) is 55.3 Å². The highest BCUT2D eigenvalue weighted by Gasteiger charge is 2.36. The number of nitrogens with zero attached hydrogens (tertiary/aromatic N) is 3. The Morgan fingerprint density at radius 2 is 2.06 bits per heavy atom. The summed E-state index contributed by atoms with van der Waals surface area (Å²) in [6.45, 7) is 6.47. The van der Waals surface area contributed by atoms with E-state index in [1.54, 1.807) is 17.5 Å². The van der Waals surface area contributed by atoms with Crippen LogP contribution in [0.15, 0.2) is 48.8 Å². The quantitative estimate of drug-likeness (QED) is 0.591. The van der Waals surface area contributed by atoms with Crippen LogP contribution in [0.4, 0.5) is 5.13 Å². The Morgan fingerprint density at radius 1 is 1.19 bits per heavy atom. The molecular formula is C25H27N3O2S. The number of thiazole rings is 1. The van der Waals surface area contributed by atoms with E-state index < -0.39 is 0 Å². The number of carbonyl (C=O) groups excluding carboxylic acids is 1. The number of anilines is 1. The van der Waals surface area contributed by atoms with Crippen molar-refractivity contribution in [3.8, 4) is 11.1 Å². The first-order valence-electron chi connectivity index (χ1n) is 10.9. The lowest BCUT2D eigenvalue weighted by Crippen LogP contribution is -2.46. The van der Waals surface area contributed by atoms with Crippen LogP contribution in [0.25, 0.3) is 11.1 Å². The summed E-state index contributed by atoms with van der Waals surface area (Å²) in [6, 6.07) is 12.9. The lowest BCUT2D eigenvalue weighted by Gasteiger charge is -2.35. The normalized spacial score (nSPS) is 20.5. The maximum Gasteiger partial charge on any atom is 0.186 e. The molecule has 1 fully saturated rings. The largest absolute Gasteiger partial charge is 0.377 e. The zero-order chi connectivity index (χ0) is 21.4. The Balaban J connectivity index is 1.40. The van der Waals surface area contributed by atoms with Gasteiger partial charge in [-0.05, 0) is 41.0 Å². The van der Waals surface area contributed by atoms with Crippen LogP contribution in [0, 0.1) is 5.41 Å². The second-order valence-corrected chi connectivity index (χ2v) is 10.3. The highest BCUT2D eigenvalue weighted by molar-refractivity contribution is 7.17. The van der Waals surface area contributed by atoms with Gasteiger partial charge >= 0.3 is 0 Å². The predicted octanol–water partition coefficient (Wildman–Crippen LogP) is 4.81. The molecule has 1 aliphatic heterocycles. The first-order chi connectivity index (χ1) is 15.0. The first kappa shape index (κ1) is 20.3. The maximum atomic E-state index is 12.7. The minimum atomic E-state index is -0.00737. The number of pyridine rings is 1. The number of carbonyl (C=O) groups is 1. The molecule has 0 bridgehead atoms. The highest BCUT2D eigenvalue weighted by Crippen LogP contribution is 2.40. The summed E-state index contributed by atoms with van der Waals surface area (Å²) in [4.78, 5) is 25.1. The van der Waals surface area contributed by atoms with Gasteiger partial charge in [-0.3, -0.25) is 9.78 Å². The van der Waals surface area contributed by atoms with Crippen molar-refractivity contribution in [3.05, 3.63) is 64.9 Å². The number of rotatable bonds is 4. The molecule has 160 valence electrons. The van der Waals surface area contributed by atoms with Crippen LogP contribution in [0.5, 0.6) is 0 Å². The van der Waals surface area contributed by atoms with Crippen LogP contribution in [0.2, 0.25) is 0 Å². The van der Waals surface area contributed by atoms with Crippen molar-refractivity contribution >= 4 is 22.3 Å². The first-order valence-corrected chi connectivity index (χ1v) is 11.7. The Labute approximate surface area is 187 Å². The van der Waals surface area contributed by atoms with E-state index >= 15 is 0 Å². The molecule has 2 aromatic heterocycles. The van der Waals surface area contributed by atoms with Gasteiger partial charge in [0.15, 0.2) is 10.9 Å². The van der Waals surface area contributed by atoms with E-state index in [1.807, 2.05) is 12.3 Å². The molecule has 0 radical (unpaired) electrons. The fraction of sp³-hybridized carbons (Fsp3) is 0.400. The van der Waals surface area contributed by atoms with Gasteiger partial charge in [-0.2, -0.15) is 0 Å². The van der Waals surface area contributed by atoms with Crippen LogP contribution in [-0.4, -0.2) is 41.6 Å². The lowest BCUT2D eigenvalue weighted by molar-refractivity contribution is 0.0915. The average molecular weight is 434 g/mol. The Hall–Kier alpha value is -2.57. The van der Waals surface area contributed by atoms with Gasteiger partial charge in [0, 0.05) is 25.4 Å².